The zero-order valence-electron chi connectivity index (χ0n) is 11.2. The van der Waals surface area contributed by atoms with E-state index in [-0.39, 0.29) is 9.92 Å². The Morgan fingerprint density at radius 2 is 1.95 bits per heavy atom. The SMILES string of the molecule is CCN1CCN(S(=O)(=O)c2cc(C#N)ccc2Cl)CC1. The fourth-order valence-electron chi connectivity index (χ4n) is 2.20. The van der Waals surface area contributed by atoms with E-state index in [1.54, 1.807) is 0 Å². The molecule has 0 amide bonds. The van der Waals surface area contributed by atoms with Gasteiger partial charge in [-0.3, -0.25) is 0 Å². The molecule has 0 N–H and O–H groups in total. The third kappa shape index (κ3) is 2.96. The zero-order chi connectivity index (χ0) is 14.8. The van der Waals surface area contributed by atoms with E-state index in [0.717, 1.165) is 6.54 Å². The average Bonchev–Trinajstić information content (AvgIpc) is 2.47. The highest BCUT2D eigenvalue weighted by Gasteiger charge is 2.29. The minimum atomic E-state index is -3.63. The maximum Gasteiger partial charge on any atom is 0.244 e. The molecule has 0 saturated carbocycles. The van der Waals surface area contributed by atoms with E-state index in [1.165, 1.54) is 22.5 Å². The molecule has 0 spiro atoms. The van der Waals surface area contributed by atoms with Gasteiger partial charge in [0.2, 0.25) is 10.0 Å². The van der Waals surface area contributed by atoms with Crippen LogP contribution in [0.25, 0.3) is 0 Å². The molecule has 7 heteroatoms. The van der Waals surface area contributed by atoms with Crippen LogP contribution >= 0.6 is 11.6 Å². The number of hydrogen-bond donors (Lipinski definition) is 0. The molecule has 1 heterocycles. The lowest BCUT2D eigenvalue weighted by Crippen LogP contribution is -2.48. The monoisotopic (exact) mass is 313 g/mol. The summed E-state index contributed by atoms with van der Waals surface area (Å²) in [4.78, 5) is 2.21. The summed E-state index contributed by atoms with van der Waals surface area (Å²) in [5.41, 5.74) is 0.292. The number of sulfonamides is 1. The lowest BCUT2D eigenvalue weighted by Gasteiger charge is -2.33. The van der Waals surface area contributed by atoms with E-state index in [4.69, 9.17) is 16.9 Å². The van der Waals surface area contributed by atoms with Gasteiger partial charge in [0.05, 0.1) is 16.7 Å². The molecular weight excluding hydrogens is 298 g/mol. The third-order valence-corrected chi connectivity index (χ3v) is 5.84. The predicted octanol–water partition coefficient (Wildman–Crippen LogP) is 1.54. The van der Waals surface area contributed by atoms with Crippen molar-refractivity contribution in [2.75, 3.05) is 32.7 Å². The van der Waals surface area contributed by atoms with Crippen LogP contribution in [-0.2, 0) is 10.0 Å². The van der Waals surface area contributed by atoms with Crippen molar-refractivity contribution in [2.24, 2.45) is 0 Å². The van der Waals surface area contributed by atoms with Crippen LogP contribution in [0.5, 0.6) is 0 Å². The Kier molecular flexibility index (Phi) is 4.66. The van der Waals surface area contributed by atoms with Crippen LogP contribution in [0.2, 0.25) is 5.02 Å². The van der Waals surface area contributed by atoms with E-state index in [2.05, 4.69) is 11.8 Å². The van der Waals surface area contributed by atoms with Crippen molar-refractivity contribution in [3.05, 3.63) is 28.8 Å². The van der Waals surface area contributed by atoms with Gasteiger partial charge >= 0.3 is 0 Å². The summed E-state index contributed by atoms with van der Waals surface area (Å²) < 4.78 is 26.6. The molecule has 0 aromatic heterocycles. The number of halogens is 1. The molecule has 0 bridgehead atoms. The van der Waals surface area contributed by atoms with Crippen molar-refractivity contribution in [1.29, 1.82) is 5.26 Å². The summed E-state index contributed by atoms with van der Waals surface area (Å²) in [5.74, 6) is 0. The van der Waals surface area contributed by atoms with Crippen LogP contribution in [0.15, 0.2) is 23.1 Å². The molecule has 20 heavy (non-hydrogen) atoms. The Labute approximate surface area is 124 Å². The van der Waals surface area contributed by atoms with Crippen molar-refractivity contribution in [2.45, 2.75) is 11.8 Å². The normalized spacial score (nSPS) is 17.9. The number of rotatable bonds is 3. The fourth-order valence-corrected chi connectivity index (χ4v) is 4.12. The molecule has 1 fully saturated rings. The molecule has 1 aromatic rings. The molecule has 2 rings (SSSR count). The Balaban J connectivity index is 2.30. The number of benzene rings is 1. The van der Waals surface area contributed by atoms with Crippen LogP contribution in [0.4, 0.5) is 0 Å². The summed E-state index contributed by atoms with van der Waals surface area (Å²) in [6.07, 6.45) is 0. The second kappa shape index (κ2) is 6.10. The maximum absolute atomic E-state index is 12.6. The fraction of sp³-hybridized carbons (Fsp3) is 0.462. The summed E-state index contributed by atoms with van der Waals surface area (Å²) in [7, 11) is -3.63. The van der Waals surface area contributed by atoms with Gasteiger partial charge in [-0.05, 0) is 24.7 Å². The molecule has 5 nitrogen and oxygen atoms in total. The molecule has 1 aromatic carbocycles. The highest BCUT2D eigenvalue weighted by atomic mass is 35.5. The van der Waals surface area contributed by atoms with Gasteiger partial charge in [0.15, 0.2) is 0 Å². The number of nitrogens with zero attached hydrogens (tertiary/aromatic N) is 3. The number of likely N-dealkylation sites (N-methyl/N-ethyl adjacent to an activating group) is 1. The summed E-state index contributed by atoms with van der Waals surface area (Å²) in [6.45, 7) is 5.29. The van der Waals surface area contributed by atoms with Crippen molar-refractivity contribution in [3.8, 4) is 6.07 Å². The molecule has 0 radical (unpaired) electrons. The first kappa shape index (κ1) is 15.3. The second-order valence-corrected chi connectivity index (χ2v) is 6.91. The van der Waals surface area contributed by atoms with Crippen molar-refractivity contribution in [3.63, 3.8) is 0 Å². The van der Waals surface area contributed by atoms with Crippen LogP contribution in [0.3, 0.4) is 0 Å². The topological polar surface area (TPSA) is 64.4 Å². The molecule has 1 saturated heterocycles. The molecule has 0 unspecified atom stereocenters. The largest absolute Gasteiger partial charge is 0.301 e. The highest BCUT2D eigenvalue weighted by molar-refractivity contribution is 7.89. The molecule has 0 aliphatic carbocycles. The van der Waals surface area contributed by atoms with Gasteiger partial charge in [0.1, 0.15) is 4.90 Å². The Bertz CT molecular complexity index is 632. The lowest BCUT2D eigenvalue weighted by atomic mass is 10.2. The van der Waals surface area contributed by atoms with E-state index in [9.17, 15) is 8.42 Å². The lowest BCUT2D eigenvalue weighted by molar-refractivity contribution is 0.196. The molecule has 0 atom stereocenters. The first-order valence-electron chi connectivity index (χ1n) is 6.41. The van der Waals surface area contributed by atoms with Crippen molar-refractivity contribution < 1.29 is 8.42 Å². The molecular formula is C13H16ClN3O2S. The first-order valence-corrected chi connectivity index (χ1v) is 8.23. The zero-order valence-corrected chi connectivity index (χ0v) is 12.8. The van der Waals surface area contributed by atoms with E-state index < -0.39 is 10.0 Å². The Morgan fingerprint density at radius 1 is 1.30 bits per heavy atom. The third-order valence-electron chi connectivity index (χ3n) is 3.46. The van der Waals surface area contributed by atoms with Crippen molar-refractivity contribution in [1.82, 2.24) is 9.21 Å². The first-order chi connectivity index (χ1) is 9.48. The van der Waals surface area contributed by atoms with Crippen LogP contribution < -0.4 is 0 Å². The second-order valence-electron chi connectivity index (χ2n) is 4.60. The smallest absolute Gasteiger partial charge is 0.244 e. The van der Waals surface area contributed by atoms with Crippen LogP contribution in [0, 0.1) is 11.3 Å². The maximum atomic E-state index is 12.6. The molecule has 1 aliphatic rings. The predicted molar refractivity (Wildman–Crippen MR) is 77.0 cm³/mol. The van der Waals surface area contributed by atoms with Gasteiger partial charge in [-0.2, -0.15) is 9.57 Å². The van der Waals surface area contributed by atoms with Crippen LogP contribution in [0.1, 0.15) is 12.5 Å². The number of piperazine rings is 1. The molecule has 108 valence electrons. The number of hydrogen-bond acceptors (Lipinski definition) is 4. The van der Waals surface area contributed by atoms with Gasteiger partial charge in [0, 0.05) is 26.2 Å². The summed E-state index contributed by atoms with van der Waals surface area (Å²) in [6, 6.07) is 6.24. The van der Waals surface area contributed by atoms with Crippen molar-refractivity contribution >= 4 is 21.6 Å². The quantitative estimate of drug-likeness (QED) is 0.849. The van der Waals surface area contributed by atoms with E-state index in [1.807, 2.05) is 6.07 Å². The van der Waals surface area contributed by atoms with Gasteiger partial charge in [-0.25, -0.2) is 8.42 Å². The van der Waals surface area contributed by atoms with Gasteiger partial charge in [-0.1, -0.05) is 18.5 Å². The van der Waals surface area contributed by atoms with Gasteiger partial charge < -0.3 is 4.90 Å². The average molecular weight is 314 g/mol. The minimum Gasteiger partial charge on any atom is -0.301 e. The van der Waals surface area contributed by atoms with Gasteiger partial charge in [-0.15, -0.1) is 0 Å². The Hall–Kier alpha value is -1.13. The molecule has 1 aliphatic heterocycles. The minimum absolute atomic E-state index is 0.0168. The summed E-state index contributed by atoms with van der Waals surface area (Å²) in [5, 5.41) is 9.04. The Morgan fingerprint density at radius 3 is 2.50 bits per heavy atom. The van der Waals surface area contributed by atoms with E-state index >= 15 is 0 Å². The van der Waals surface area contributed by atoms with Crippen LogP contribution in [-0.4, -0.2) is 50.3 Å². The van der Waals surface area contributed by atoms with E-state index in [0.29, 0.717) is 31.7 Å². The van der Waals surface area contributed by atoms with Gasteiger partial charge in [0.25, 0.3) is 0 Å². The number of nitriles is 1. The highest BCUT2D eigenvalue weighted by Crippen LogP contribution is 2.26. The standard InChI is InChI=1S/C13H16ClN3O2S/c1-2-16-5-7-17(8-6-16)20(18,19)13-9-11(10-15)3-4-12(13)14/h3-4,9H,2,5-8H2,1H3. The summed E-state index contributed by atoms with van der Waals surface area (Å²) >= 11 is 5.99.